The number of hydrogen-bond acceptors (Lipinski definition) is 3. The highest BCUT2D eigenvalue weighted by atomic mass is 32.1. The molecule has 2 aliphatic rings. The van der Waals surface area contributed by atoms with E-state index in [1.54, 1.807) is 11.3 Å². The highest BCUT2D eigenvalue weighted by Crippen LogP contribution is 2.41. The lowest BCUT2D eigenvalue weighted by Gasteiger charge is -2.43. The summed E-state index contributed by atoms with van der Waals surface area (Å²) >= 11 is 1.76. The summed E-state index contributed by atoms with van der Waals surface area (Å²) in [5.74, 6) is 1.57. The molecular weight excluding hydrogens is 268 g/mol. The number of rotatable bonds is 3. The lowest BCUT2D eigenvalue weighted by atomic mass is 9.65. The molecule has 3 nitrogen and oxygen atoms in total. The van der Waals surface area contributed by atoms with Gasteiger partial charge >= 0.3 is 0 Å². The Morgan fingerprint density at radius 3 is 2.65 bits per heavy atom. The van der Waals surface area contributed by atoms with Crippen molar-refractivity contribution in [3.8, 4) is 0 Å². The Labute approximate surface area is 124 Å². The second kappa shape index (κ2) is 5.86. The van der Waals surface area contributed by atoms with E-state index in [1.807, 2.05) is 0 Å². The van der Waals surface area contributed by atoms with Gasteiger partial charge in [0.15, 0.2) is 0 Å². The summed E-state index contributed by atoms with van der Waals surface area (Å²) in [6.45, 7) is 2.77. The molecule has 20 heavy (non-hydrogen) atoms. The first-order chi connectivity index (χ1) is 9.63. The fraction of sp³-hybridized carbons (Fsp3) is 0.688. The molecule has 1 aromatic heterocycles. The van der Waals surface area contributed by atoms with Crippen LogP contribution in [0.2, 0.25) is 0 Å². The summed E-state index contributed by atoms with van der Waals surface area (Å²) in [5, 5.41) is 3.12. The summed E-state index contributed by atoms with van der Waals surface area (Å²) in [7, 11) is 0. The van der Waals surface area contributed by atoms with E-state index in [4.69, 9.17) is 5.73 Å². The van der Waals surface area contributed by atoms with E-state index in [0.717, 1.165) is 12.8 Å². The maximum Gasteiger partial charge on any atom is 0.223 e. The largest absolute Gasteiger partial charge is 0.351 e. The first-order valence-electron chi connectivity index (χ1n) is 7.72. The number of aryl methyl sites for hydroxylation is 1. The van der Waals surface area contributed by atoms with Crippen LogP contribution in [0.15, 0.2) is 12.1 Å². The van der Waals surface area contributed by atoms with Gasteiger partial charge < -0.3 is 11.1 Å². The van der Waals surface area contributed by atoms with Crippen LogP contribution in [0.1, 0.15) is 41.9 Å². The van der Waals surface area contributed by atoms with Gasteiger partial charge in [-0.25, -0.2) is 0 Å². The monoisotopic (exact) mass is 292 g/mol. The average Bonchev–Trinajstić information content (AvgIpc) is 2.81. The third-order valence-electron chi connectivity index (χ3n) is 5.02. The predicted octanol–water partition coefficient (Wildman–Crippen LogP) is 2.83. The third-order valence-corrected chi connectivity index (χ3v) is 6.02. The Bertz CT molecular complexity index is 471. The normalized spacial score (nSPS) is 32.9. The van der Waals surface area contributed by atoms with E-state index in [0.29, 0.717) is 24.4 Å². The van der Waals surface area contributed by atoms with Gasteiger partial charge in [-0.2, -0.15) is 0 Å². The molecule has 2 saturated carbocycles. The van der Waals surface area contributed by atoms with E-state index in [2.05, 4.69) is 24.4 Å². The van der Waals surface area contributed by atoms with Gasteiger partial charge in [0.05, 0.1) is 6.54 Å². The second-order valence-electron chi connectivity index (χ2n) is 6.43. The summed E-state index contributed by atoms with van der Waals surface area (Å²) in [5.41, 5.74) is 6.28. The zero-order valence-electron chi connectivity index (χ0n) is 12.1. The van der Waals surface area contributed by atoms with Gasteiger partial charge in [-0.1, -0.05) is 6.42 Å². The van der Waals surface area contributed by atoms with Gasteiger partial charge in [0, 0.05) is 21.7 Å². The summed E-state index contributed by atoms with van der Waals surface area (Å²) in [6, 6.07) is 4.55. The van der Waals surface area contributed by atoms with Gasteiger partial charge in [0.25, 0.3) is 0 Å². The maximum atomic E-state index is 12.4. The van der Waals surface area contributed by atoms with Crippen LogP contribution in [-0.2, 0) is 11.3 Å². The Kier molecular flexibility index (Phi) is 4.13. The van der Waals surface area contributed by atoms with Crippen LogP contribution >= 0.6 is 11.3 Å². The van der Waals surface area contributed by atoms with Crippen LogP contribution < -0.4 is 11.1 Å². The SMILES string of the molecule is Cc1ccc(CNC(=O)C2CC3CCCC(C2)C3N)s1. The van der Waals surface area contributed by atoms with E-state index in [-0.39, 0.29) is 11.8 Å². The molecule has 3 rings (SSSR count). The molecular formula is C16H24N2OS. The molecule has 1 heterocycles. The third kappa shape index (κ3) is 2.91. The number of hydrogen-bond donors (Lipinski definition) is 2. The first-order valence-corrected chi connectivity index (χ1v) is 8.53. The minimum atomic E-state index is 0.186. The van der Waals surface area contributed by atoms with Gasteiger partial charge in [0.2, 0.25) is 5.91 Å². The molecule has 2 bridgehead atoms. The summed E-state index contributed by atoms with van der Waals surface area (Å²) < 4.78 is 0. The van der Waals surface area contributed by atoms with Gasteiger partial charge in [-0.3, -0.25) is 4.79 Å². The molecule has 2 fully saturated rings. The minimum absolute atomic E-state index is 0.186. The van der Waals surface area contributed by atoms with Crippen LogP contribution in [-0.4, -0.2) is 11.9 Å². The molecule has 2 atom stereocenters. The number of nitrogens with one attached hydrogen (secondary N) is 1. The number of amides is 1. The second-order valence-corrected chi connectivity index (χ2v) is 7.80. The number of thiophene rings is 1. The highest BCUT2D eigenvalue weighted by Gasteiger charge is 2.40. The van der Waals surface area contributed by atoms with Gasteiger partial charge in [-0.05, 0) is 56.6 Å². The lowest BCUT2D eigenvalue weighted by molar-refractivity contribution is -0.128. The van der Waals surface area contributed by atoms with E-state index in [9.17, 15) is 4.79 Å². The molecule has 0 aliphatic heterocycles. The zero-order chi connectivity index (χ0) is 14.1. The van der Waals surface area contributed by atoms with E-state index < -0.39 is 0 Å². The Hall–Kier alpha value is -0.870. The van der Waals surface area contributed by atoms with Crippen molar-refractivity contribution in [1.82, 2.24) is 5.32 Å². The summed E-state index contributed by atoms with van der Waals surface area (Å²) in [4.78, 5) is 14.9. The smallest absolute Gasteiger partial charge is 0.223 e. The fourth-order valence-electron chi connectivity index (χ4n) is 3.90. The number of fused-ring (bicyclic) bond motifs is 2. The molecule has 0 spiro atoms. The van der Waals surface area contributed by atoms with Crippen LogP contribution in [0.5, 0.6) is 0 Å². The van der Waals surface area contributed by atoms with Crippen LogP contribution in [0.4, 0.5) is 0 Å². The van der Waals surface area contributed by atoms with E-state index >= 15 is 0 Å². The van der Waals surface area contributed by atoms with Crippen molar-refractivity contribution in [3.63, 3.8) is 0 Å². The maximum absolute atomic E-state index is 12.4. The Balaban J connectivity index is 1.55. The Morgan fingerprint density at radius 2 is 2.05 bits per heavy atom. The minimum Gasteiger partial charge on any atom is -0.351 e. The van der Waals surface area contributed by atoms with Crippen molar-refractivity contribution in [2.75, 3.05) is 0 Å². The predicted molar refractivity (Wildman–Crippen MR) is 82.4 cm³/mol. The zero-order valence-corrected chi connectivity index (χ0v) is 12.9. The molecule has 1 aromatic rings. The molecule has 2 unspecified atom stereocenters. The van der Waals surface area contributed by atoms with Crippen molar-refractivity contribution in [3.05, 3.63) is 21.9 Å². The number of carbonyl (C=O) groups excluding carboxylic acids is 1. The molecule has 4 heteroatoms. The van der Waals surface area contributed by atoms with Crippen LogP contribution in [0.25, 0.3) is 0 Å². The molecule has 0 radical (unpaired) electrons. The summed E-state index contributed by atoms with van der Waals surface area (Å²) in [6.07, 6.45) is 5.71. The molecule has 1 amide bonds. The standard InChI is InChI=1S/C16H24N2OS/c1-10-5-6-14(20-10)9-18-16(19)13-7-11-3-2-4-12(8-13)15(11)17/h5-6,11-13,15H,2-4,7-9,17H2,1H3,(H,18,19). The molecule has 2 aliphatic carbocycles. The van der Waals surface area contributed by atoms with Crippen molar-refractivity contribution >= 4 is 17.2 Å². The molecule has 0 aromatic carbocycles. The average molecular weight is 292 g/mol. The topological polar surface area (TPSA) is 55.1 Å². The van der Waals surface area contributed by atoms with Gasteiger partial charge in [-0.15, -0.1) is 11.3 Å². The fourth-order valence-corrected chi connectivity index (χ4v) is 4.73. The lowest BCUT2D eigenvalue weighted by Crippen LogP contribution is -2.49. The first kappa shape index (κ1) is 14.1. The number of carbonyl (C=O) groups is 1. The van der Waals surface area contributed by atoms with Crippen molar-refractivity contribution in [2.24, 2.45) is 23.5 Å². The quantitative estimate of drug-likeness (QED) is 0.900. The molecule has 0 saturated heterocycles. The number of nitrogens with two attached hydrogens (primary N) is 1. The van der Waals surface area contributed by atoms with Crippen LogP contribution in [0, 0.1) is 24.7 Å². The molecule has 110 valence electrons. The van der Waals surface area contributed by atoms with Crippen LogP contribution in [0.3, 0.4) is 0 Å². The van der Waals surface area contributed by atoms with Crippen molar-refractivity contribution in [2.45, 2.75) is 51.6 Å². The van der Waals surface area contributed by atoms with E-state index in [1.165, 1.54) is 29.0 Å². The van der Waals surface area contributed by atoms with Gasteiger partial charge in [0.1, 0.15) is 0 Å². The Morgan fingerprint density at radius 1 is 1.35 bits per heavy atom. The highest BCUT2D eigenvalue weighted by molar-refractivity contribution is 7.11. The van der Waals surface area contributed by atoms with Crippen molar-refractivity contribution < 1.29 is 4.79 Å². The van der Waals surface area contributed by atoms with Crippen molar-refractivity contribution in [1.29, 1.82) is 0 Å². The molecule has 3 N–H and O–H groups in total.